The average molecular weight is 449 g/mol. The van der Waals surface area contributed by atoms with Crippen LogP contribution in [0.5, 0.6) is 5.75 Å². The normalized spacial score (nSPS) is 11.8. The van der Waals surface area contributed by atoms with Crippen LogP contribution in [0, 0.1) is 6.92 Å². The lowest BCUT2D eigenvalue weighted by molar-refractivity contribution is 0.299. The monoisotopic (exact) mass is 448 g/mol. The minimum absolute atomic E-state index is 0.0357. The third-order valence-corrected chi connectivity index (χ3v) is 6.27. The number of rotatable bonds is 4. The first-order valence-electron chi connectivity index (χ1n) is 11.6. The highest BCUT2D eigenvalue weighted by molar-refractivity contribution is 5.86. The second-order valence-corrected chi connectivity index (χ2v) is 9.84. The second-order valence-electron chi connectivity index (χ2n) is 9.84. The smallest absolute Gasteiger partial charge is 0.235 e. The van der Waals surface area contributed by atoms with Gasteiger partial charge in [0, 0.05) is 5.56 Å². The predicted molar refractivity (Wildman–Crippen MR) is 140 cm³/mol. The molecule has 34 heavy (non-hydrogen) atoms. The van der Waals surface area contributed by atoms with Crippen molar-refractivity contribution in [1.82, 2.24) is 0 Å². The van der Waals surface area contributed by atoms with Crippen molar-refractivity contribution >= 4 is 21.7 Å². The molecule has 0 bridgehead atoms. The Labute approximate surface area is 199 Å². The lowest BCUT2D eigenvalue weighted by atomic mass is 9.86. The van der Waals surface area contributed by atoms with Crippen molar-refractivity contribution in [2.75, 3.05) is 0 Å². The van der Waals surface area contributed by atoms with Gasteiger partial charge < -0.3 is 9.15 Å². The van der Waals surface area contributed by atoms with Gasteiger partial charge in [0.2, 0.25) is 11.2 Å². The fourth-order valence-corrected chi connectivity index (χ4v) is 4.30. The van der Waals surface area contributed by atoms with Gasteiger partial charge in [0.1, 0.15) is 12.2 Å². The van der Waals surface area contributed by atoms with Gasteiger partial charge in [-0.15, -0.1) is 0 Å². The Balaban J connectivity index is 1.63. The minimum atomic E-state index is -0.153. The van der Waals surface area contributed by atoms with Crippen molar-refractivity contribution in [1.29, 1.82) is 0 Å². The fraction of sp³-hybridized carbons (Fsp3) is 0.194. The van der Waals surface area contributed by atoms with Gasteiger partial charge in [0.15, 0.2) is 5.76 Å². The molecule has 0 radical (unpaired) electrons. The molecule has 5 rings (SSSR count). The summed E-state index contributed by atoms with van der Waals surface area (Å²) in [5.74, 6) is 0.705. The van der Waals surface area contributed by atoms with Gasteiger partial charge in [-0.05, 0) is 46.4 Å². The topological polar surface area (TPSA) is 39.4 Å². The van der Waals surface area contributed by atoms with Crippen LogP contribution in [0.4, 0.5) is 0 Å². The number of benzene rings is 4. The summed E-state index contributed by atoms with van der Waals surface area (Å²) in [7, 11) is 0. The Bertz CT molecular complexity index is 1550. The van der Waals surface area contributed by atoms with Crippen LogP contribution in [-0.2, 0) is 12.0 Å². The first-order valence-corrected chi connectivity index (χ1v) is 11.6. The van der Waals surface area contributed by atoms with Gasteiger partial charge in [-0.3, -0.25) is 4.79 Å². The molecule has 0 spiro atoms. The van der Waals surface area contributed by atoms with Crippen LogP contribution < -0.4 is 10.2 Å². The van der Waals surface area contributed by atoms with E-state index in [9.17, 15) is 4.79 Å². The summed E-state index contributed by atoms with van der Waals surface area (Å²) < 4.78 is 12.5. The molecule has 1 heterocycles. The third-order valence-electron chi connectivity index (χ3n) is 6.27. The van der Waals surface area contributed by atoms with Gasteiger partial charge in [0.25, 0.3) is 0 Å². The van der Waals surface area contributed by atoms with E-state index in [2.05, 4.69) is 51.1 Å². The first kappa shape index (κ1) is 22.0. The SMILES string of the molecule is Cc1ccc2oc(-c3ccc(C(C)(C)C)cc3)c(OCc3cccc4ccccc34)c(=O)c2c1. The van der Waals surface area contributed by atoms with Crippen molar-refractivity contribution in [3.05, 3.63) is 112 Å². The molecule has 170 valence electrons. The number of aryl methyl sites for hydroxylation is 1. The lowest BCUT2D eigenvalue weighted by Gasteiger charge is -2.19. The molecular weight excluding hydrogens is 420 g/mol. The quantitative estimate of drug-likeness (QED) is 0.282. The summed E-state index contributed by atoms with van der Waals surface area (Å²) in [5, 5.41) is 2.79. The summed E-state index contributed by atoms with van der Waals surface area (Å²) in [4.78, 5) is 13.6. The number of hydrogen-bond donors (Lipinski definition) is 0. The van der Waals surface area contributed by atoms with Crippen molar-refractivity contribution in [3.8, 4) is 17.1 Å². The van der Waals surface area contributed by atoms with Crippen LogP contribution >= 0.6 is 0 Å². The highest BCUT2D eigenvalue weighted by Crippen LogP contribution is 2.33. The molecule has 0 aliphatic heterocycles. The van der Waals surface area contributed by atoms with Gasteiger partial charge in [-0.25, -0.2) is 0 Å². The average Bonchev–Trinajstić information content (AvgIpc) is 2.83. The van der Waals surface area contributed by atoms with Crippen LogP contribution in [0.1, 0.15) is 37.5 Å². The number of fused-ring (bicyclic) bond motifs is 2. The third kappa shape index (κ3) is 4.10. The van der Waals surface area contributed by atoms with Crippen molar-refractivity contribution < 1.29 is 9.15 Å². The largest absolute Gasteiger partial charge is 0.481 e. The zero-order chi connectivity index (χ0) is 23.9. The van der Waals surface area contributed by atoms with E-state index in [-0.39, 0.29) is 23.2 Å². The first-order chi connectivity index (χ1) is 16.3. The van der Waals surface area contributed by atoms with Crippen LogP contribution in [0.15, 0.2) is 94.1 Å². The molecule has 3 nitrogen and oxygen atoms in total. The van der Waals surface area contributed by atoms with Crippen molar-refractivity contribution in [2.45, 2.75) is 39.7 Å². The van der Waals surface area contributed by atoms with Gasteiger partial charge in [-0.2, -0.15) is 0 Å². The summed E-state index contributed by atoms with van der Waals surface area (Å²) in [5.41, 5.74) is 4.50. The van der Waals surface area contributed by atoms with Gasteiger partial charge in [0.05, 0.1) is 5.39 Å². The molecule has 3 heteroatoms. The van der Waals surface area contributed by atoms with Crippen LogP contribution in [0.2, 0.25) is 0 Å². The second kappa shape index (κ2) is 8.49. The molecular formula is C31H28O3. The summed E-state index contributed by atoms with van der Waals surface area (Å²) in [6, 6.07) is 28.2. The van der Waals surface area contributed by atoms with E-state index in [0.717, 1.165) is 27.5 Å². The van der Waals surface area contributed by atoms with E-state index in [1.54, 1.807) is 0 Å². The van der Waals surface area contributed by atoms with E-state index in [1.165, 1.54) is 5.56 Å². The molecule has 0 saturated carbocycles. The zero-order valence-electron chi connectivity index (χ0n) is 20.0. The van der Waals surface area contributed by atoms with Crippen LogP contribution in [0.25, 0.3) is 33.1 Å². The maximum absolute atomic E-state index is 13.6. The van der Waals surface area contributed by atoms with E-state index < -0.39 is 0 Å². The lowest BCUT2D eigenvalue weighted by Crippen LogP contribution is -2.12. The Morgan fingerprint density at radius 3 is 2.32 bits per heavy atom. The Morgan fingerprint density at radius 1 is 0.824 bits per heavy atom. The molecule has 4 aromatic carbocycles. The predicted octanol–water partition coefficient (Wildman–Crippen LogP) is 7.80. The summed E-state index contributed by atoms with van der Waals surface area (Å²) in [6.07, 6.45) is 0. The van der Waals surface area contributed by atoms with E-state index >= 15 is 0 Å². The minimum Gasteiger partial charge on any atom is -0.481 e. The fourth-order valence-electron chi connectivity index (χ4n) is 4.30. The molecule has 0 amide bonds. The van der Waals surface area contributed by atoms with Gasteiger partial charge in [-0.1, -0.05) is 99.1 Å². The highest BCUT2D eigenvalue weighted by Gasteiger charge is 2.20. The molecule has 0 atom stereocenters. The van der Waals surface area contributed by atoms with Crippen LogP contribution in [-0.4, -0.2) is 0 Å². The van der Waals surface area contributed by atoms with Crippen molar-refractivity contribution in [3.63, 3.8) is 0 Å². The number of hydrogen-bond acceptors (Lipinski definition) is 3. The van der Waals surface area contributed by atoms with Crippen LogP contribution in [0.3, 0.4) is 0 Å². The molecule has 0 aliphatic carbocycles. The number of ether oxygens (including phenoxy) is 1. The van der Waals surface area contributed by atoms with Gasteiger partial charge >= 0.3 is 0 Å². The van der Waals surface area contributed by atoms with Crippen molar-refractivity contribution in [2.24, 2.45) is 0 Å². The zero-order valence-corrected chi connectivity index (χ0v) is 20.0. The summed E-state index contributed by atoms with van der Waals surface area (Å²) in [6.45, 7) is 8.78. The Kier molecular flexibility index (Phi) is 5.49. The summed E-state index contributed by atoms with van der Waals surface area (Å²) >= 11 is 0. The molecule has 1 aromatic heterocycles. The molecule has 0 fully saturated rings. The van der Waals surface area contributed by atoms with E-state index in [1.807, 2.05) is 61.5 Å². The molecule has 0 saturated heterocycles. The molecule has 5 aromatic rings. The molecule has 0 unspecified atom stereocenters. The highest BCUT2D eigenvalue weighted by atomic mass is 16.5. The Morgan fingerprint density at radius 2 is 1.56 bits per heavy atom. The van der Waals surface area contributed by atoms with E-state index in [0.29, 0.717) is 16.7 Å². The maximum atomic E-state index is 13.6. The van der Waals surface area contributed by atoms with E-state index in [4.69, 9.17) is 9.15 Å². The molecule has 0 aliphatic rings. The standard InChI is InChI=1S/C31H28O3/c1-20-12-17-27-26(18-20)28(32)30(29(34-27)22-13-15-24(16-14-22)31(2,3)4)33-19-23-10-7-9-21-8-5-6-11-25(21)23/h5-18H,19H2,1-4H3. The maximum Gasteiger partial charge on any atom is 0.235 e. The Hall–Kier alpha value is -3.85. The molecule has 0 N–H and O–H groups in total.